The molecule has 0 aliphatic carbocycles. The summed E-state index contributed by atoms with van der Waals surface area (Å²) in [7, 11) is 1.12. The van der Waals surface area contributed by atoms with Gasteiger partial charge in [-0.25, -0.2) is 4.79 Å². The highest BCUT2D eigenvalue weighted by Crippen LogP contribution is 2.14. The summed E-state index contributed by atoms with van der Waals surface area (Å²) in [5.41, 5.74) is -0.734. The summed E-state index contributed by atoms with van der Waals surface area (Å²) in [5.74, 6) is -3.29. The number of alkyl carbamates (subject to hydrolysis) is 1. The van der Waals surface area contributed by atoms with Crippen molar-refractivity contribution >= 4 is 23.8 Å². The molecule has 10 heteroatoms. The third-order valence-corrected chi connectivity index (χ3v) is 3.45. The molecule has 0 aromatic heterocycles. The Bertz CT molecular complexity index is 540. The summed E-state index contributed by atoms with van der Waals surface area (Å²) in [4.78, 5) is 47.5. The van der Waals surface area contributed by atoms with E-state index in [4.69, 9.17) is 4.74 Å². The molecule has 0 saturated carbocycles. The van der Waals surface area contributed by atoms with Gasteiger partial charge in [0, 0.05) is 6.42 Å². The molecule has 10 nitrogen and oxygen atoms in total. The molecule has 0 aromatic rings. The molecule has 0 saturated heterocycles. The van der Waals surface area contributed by atoms with Gasteiger partial charge in [-0.3, -0.25) is 14.4 Å². The van der Waals surface area contributed by atoms with Crippen LogP contribution in [0.5, 0.6) is 0 Å². The molecule has 0 rings (SSSR count). The van der Waals surface area contributed by atoms with Gasteiger partial charge in [0.2, 0.25) is 5.91 Å². The van der Waals surface area contributed by atoms with Crippen LogP contribution in [0.4, 0.5) is 4.79 Å². The number of hydrogen-bond acceptors (Lipinski definition) is 8. The molecule has 4 atom stereocenters. The highest BCUT2D eigenvalue weighted by molar-refractivity contribution is 5.93. The second-order valence-electron chi connectivity index (χ2n) is 7.18. The quantitative estimate of drug-likeness (QED) is 0.385. The summed E-state index contributed by atoms with van der Waals surface area (Å²) in [5, 5.41) is 23.9. The Hall–Kier alpha value is -2.20. The van der Waals surface area contributed by atoms with E-state index in [1.54, 1.807) is 20.8 Å². The van der Waals surface area contributed by atoms with Gasteiger partial charge < -0.3 is 30.3 Å². The van der Waals surface area contributed by atoms with E-state index in [1.807, 2.05) is 0 Å². The van der Waals surface area contributed by atoms with E-state index in [0.29, 0.717) is 0 Å². The van der Waals surface area contributed by atoms with Crippen LogP contribution in [0.2, 0.25) is 0 Å². The number of aliphatic hydroxyl groups is 2. The SMILES string of the molecule is COC(=O)C(CC(=O)C(NC(=O)CNC(=O)OC(C)(C)C)C(C)O)C(C)O. The number of carbonyl (C=O) groups is 4. The van der Waals surface area contributed by atoms with Crippen LogP contribution < -0.4 is 10.6 Å². The molecular formula is C17H30N2O8. The minimum absolute atomic E-state index is 0.431. The molecule has 0 fully saturated rings. The topological polar surface area (TPSA) is 151 Å². The number of aliphatic hydroxyl groups excluding tert-OH is 2. The van der Waals surface area contributed by atoms with Gasteiger partial charge in [-0.2, -0.15) is 0 Å². The number of esters is 1. The van der Waals surface area contributed by atoms with Gasteiger partial charge in [0.1, 0.15) is 18.2 Å². The molecule has 0 aliphatic heterocycles. The Balaban J connectivity index is 4.83. The van der Waals surface area contributed by atoms with Gasteiger partial charge in [-0.15, -0.1) is 0 Å². The lowest BCUT2D eigenvalue weighted by atomic mass is 9.92. The fraction of sp³-hybridized carbons (Fsp3) is 0.765. The van der Waals surface area contributed by atoms with Crippen LogP contribution in [0.3, 0.4) is 0 Å². The highest BCUT2D eigenvalue weighted by atomic mass is 16.6. The number of carbonyl (C=O) groups excluding carboxylic acids is 4. The maximum absolute atomic E-state index is 12.4. The Kier molecular flexibility index (Phi) is 9.95. The van der Waals surface area contributed by atoms with E-state index in [-0.39, 0.29) is 0 Å². The van der Waals surface area contributed by atoms with Gasteiger partial charge in [-0.05, 0) is 34.6 Å². The molecule has 0 bridgehead atoms. The maximum Gasteiger partial charge on any atom is 0.408 e. The molecule has 0 radical (unpaired) electrons. The predicted molar refractivity (Wildman–Crippen MR) is 94.7 cm³/mol. The van der Waals surface area contributed by atoms with Gasteiger partial charge in [0.05, 0.1) is 25.2 Å². The van der Waals surface area contributed by atoms with Crippen LogP contribution >= 0.6 is 0 Å². The summed E-state index contributed by atoms with van der Waals surface area (Å²) in [6.07, 6.45) is -3.65. The molecule has 2 amide bonds. The lowest BCUT2D eigenvalue weighted by Gasteiger charge is -2.24. The van der Waals surface area contributed by atoms with E-state index in [2.05, 4.69) is 15.4 Å². The molecule has 0 spiro atoms. The van der Waals surface area contributed by atoms with Gasteiger partial charge >= 0.3 is 12.1 Å². The first kappa shape index (κ1) is 24.8. The standard InChI is InChI=1S/C17H30N2O8/c1-9(20)11(15(24)26-6)7-12(22)14(10(2)21)19-13(23)8-18-16(25)27-17(3,4)5/h9-11,14,20-21H,7-8H2,1-6H3,(H,18,25)(H,19,23). The van der Waals surface area contributed by atoms with Crippen molar-refractivity contribution < 1.29 is 38.9 Å². The molecule has 0 aromatic carbocycles. The van der Waals surface area contributed by atoms with Crippen LogP contribution in [0.25, 0.3) is 0 Å². The minimum atomic E-state index is -1.32. The van der Waals surface area contributed by atoms with Crippen molar-refractivity contribution in [2.24, 2.45) is 5.92 Å². The van der Waals surface area contributed by atoms with Crippen LogP contribution in [-0.2, 0) is 23.9 Å². The number of hydrogen-bond donors (Lipinski definition) is 4. The Morgan fingerprint density at radius 1 is 1.04 bits per heavy atom. The van der Waals surface area contributed by atoms with E-state index in [0.717, 1.165) is 7.11 Å². The summed E-state index contributed by atoms with van der Waals surface area (Å²) >= 11 is 0. The van der Waals surface area contributed by atoms with Crippen molar-refractivity contribution in [2.45, 2.75) is 64.9 Å². The predicted octanol–water partition coefficient (Wildman–Crippen LogP) is -0.494. The number of amides is 2. The van der Waals surface area contributed by atoms with Crippen molar-refractivity contribution in [1.29, 1.82) is 0 Å². The van der Waals surface area contributed by atoms with E-state index in [9.17, 15) is 29.4 Å². The lowest BCUT2D eigenvalue weighted by Crippen LogP contribution is -2.51. The van der Waals surface area contributed by atoms with Crippen LogP contribution in [0, 0.1) is 5.92 Å². The van der Waals surface area contributed by atoms with Gasteiger partial charge in [-0.1, -0.05) is 0 Å². The lowest BCUT2D eigenvalue weighted by molar-refractivity contribution is -0.151. The number of nitrogens with one attached hydrogen (secondary N) is 2. The van der Waals surface area contributed by atoms with Gasteiger partial charge in [0.15, 0.2) is 5.78 Å². The molecule has 4 N–H and O–H groups in total. The van der Waals surface area contributed by atoms with Crippen molar-refractivity contribution in [3.05, 3.63) is 0 Å². The van der Waals surface area contributed by atoms with Crippen LogP contribution in [0.1, 0.15) is 41.0 Å². The van der Waals surface area contributed by atoms with Crippen molar-refractivity contribution in [3.8, 4) is 0 Å². The molecule has 0 heterocycles. The normalized spacial score (nSPS) is 15.7. The minimum Gasteiger partial charge on any atom is -0.469 e. The molecule has 4 unspecified atom stereocenters. The molecule has 156 valence electrons. The smallest absolute Gasteiger partial charge is 0.408 e. The summed E-state index contributed by atoms with van der Waals surface area (Å²) in [6, 6.07) is -1.32. The maximum atomic E-state index is 12.4. The second kappa shape index (κ2) is 10.8. The Labute approximate surface area is 158 Å². The highest BCUT2D eigenvalue weighted by Gasteiger charge is 2.33. The average Bonchev–Trinajstić information content (AvgIpc) is 2.52. The third kappa shape index (κ3) is 9.90. The van der Waals surface area contributed by atoms with Crippen molar-refractivity contribution in [2.75, 3.05) is 13.7 Å². The molecular weight excluding hydrogens is 360 g/mol. The van der Waals surface area contributed by atoms with Crippen LogP contribution in [0.15, 0.2) is 0 Å². The molecule has 27 heavy (non-hydrogen) atoms. The first-order valence-electron chi connectivity index (χ1n) is 8.51. The largest absolute Gasteiger partial charge is 0.469 e. The first-order valence-corrected chi connectivity index (χ1v) is 8.51. The fourth-order valence-corrected chi connectivity index (χ4v) is 2.11. The number of rotatable bonds is 9. The zero-order valence-electron chi connectivity index (χ0n) is 16.6. The zero-order chi connectivity index (χ0) is 21.4. The van der Waals surface area contributed by atoms with E-state index >= 15 is 0 Å². The van der Waals surface area contributed by atoms with Gasteiger partial charge in [0.25, 0.3) is 0 Å². The number of ether oxygens (including phenoxy) is 2. The van der Waals surface area contributed by atoms with E-state index in [1.165, 1.54) is 13.8 Å². The summed E-state index contributed by atoms with van der Waals surface area (Å²) < 4.78 is 9.52. The molecule has 0 aliphatic rings. The van der Waals surface area contributed by atoms with Crippen molar-refractivity contribution in [3.63, 3.8) is 0 Å². The summed E-state index contributed by atoms with van der Waals surface area (Å²) in [6.45, 7) is 7.13. The third-order valence-electron chi connectivity index (χ3n) is 3.45. The Morgan fingerprint density at radius 3 is 2.00 bits per heavy atom. The Morgan fingerprint density at radius 2 is 1.59 bits per heavy atom. The van der Waals surface area contributed by atoms with Crippen LogP contribution in [-0.4, -0.2) is 71.5 Å². The monoisotopic (exact) mass is 390 g/mol. The first-order chi connectivity index (χ1) is 12.3. The number of Topliss-reactive ketones (excluding diaryl/α,β-unsaturated/α-hetero) is 1. The second-order valence-corrected chi connectivity index (χ2v) is 7.18. The number of methoxy groups -OCH3 is 1. The van der Waals surface area contributed by atoms with E-state index < -0.39 is 66.5 Å². The fourth-order valence-electron chi connectivity index (χ4n) is 2.11. The van der Waals surface area contributed by atoms with Crippen molar-refractivity contribution in [1.82, 2.24) is 10.6 Å². The average molecular weight is 390 g/mol. The number of ketones is 1. The zero-order valence-corrected chi connectivity index (χ0v) is 16.6.